The first-order valence-corrected chi connectivity index (χ1v) is 20.1. The number of likely N-dealkylation sites (tertiary alicyclic amines) is 1. The molecule has 1 aromatic rings. The maximum absolute atomic E-state index is 14.7. The summed E-state index contributed by atoms with van der Waals surface area (Å²) in [4.78, 5) is 107. The summed E-state index contributed by atoms with van der Waals surface area (Å²) in [5.74, 6) is -10.2. The summed E-state index contributed by atoms with van der Waals surface area (Å²) < 4.78 is 40.7. The van der Waals surface area contributed by atoms with Crippen molar-refractivity contribution < 1.29 is 56.6 Å². The number of benzene rings is 1. The van der Waals surface area contributed by atoms with Gasteiger partial charge in [0.25, 0.3) is 5.91 Å². The Kier molecular flexibility index (Phi) is 17.2. The van der Waals surface area contributed by atoms with Crippen molar-refractivity contribution in [1.29, 1.82) is 0 Å². The summed E-state index contributed by atoms with van der Waals surface area (Å²) in [7, 11) is 0. The number of primary amides is 1. The number of nitrogens with two attached hydrogens (primary N) is 1. The fraction of sp³-hybridized carbons (Fsp3) is 0.667. The maximum Gasteiger partial charge on any atom is 0.308 e. The van der Waals surface area contributed by atoms with Gasteiger partial charge in [-0.3, -0.25) is 38.4 Å². The third-order valence-corrected chi connectivity index (χ3v) is 10.1. The number of amides is 4. The first-order chi connectivity index (χ1) is 27.0. The summed E-state index contributed by atoms with van der Waals surface area (Å²) in [6.45, 7) is 12.1. The fourth-order valence-electron chi connectivity index (χ4n) is 7.56. The molecule has 4 N–H and O–H groups in total. The molecule has 5 atom stereocenters. The molecule has 0 aromatic heterocycles. The highest BCUT2D eigenvalue weighted by molar-refractivity contribution is 6.38. The Balaban J connectivity index is 1.79. The highest BCUT2D eigenvalue weighted by Gasteiger charge is 2.46. The van der Waals surface area contributed by atoms with Crippen LogP contribution in [0.2, 0.25) is 0 Å². The molecule has 1 saturated carbocycles. The van der Waals surface area contributed by atoms with E-state index in [2.05, 4.69) is 10.6 Å². The van der Waals surface area contributed by atoms with Gasteiger partial charge in [-0.05, 0) is 78.9 Å². The largest absolute Gasteiger partial charge is 0.460 e. The van der Waals surface area contributed by atoms with E-state index >= 15 is 0 Å². The van der Waals surface area contributed by atoms with Crippen molar-refractivity contribution in [3.05, 3.63) is 35.4 Å². The minimum atomic E-state index is -1.41. The van der Waals surface area contributed by atoms with Crippen molar-refractivity contribution >= 4 is 46.9 Å². The Hall–Kier alpha value is -4.60. The third kappa shape index (κ3) is 14.3. The molecule has 2 fully saturated rings. The van der Waals surface area contributed by atoms with Crippen LogP contribution in [-0.4, -0.2) is 93.8 Å². The van der Waals surface area contributed by atoms with E-state index in [0.29, 0.717) is 19.3 Å². The van der Waals surface area contributed by atoms with Crippen LogP contribution in [0.4, 0.5) is 8.78 Å². The number of nitrogens with one attached hydrogen (secondary N) is 2. The molecule has 1 saturated heterocycles. The fourth-order valence-corrected chi connectivity index (χ4v) is 7.56. The Bertz CT molecular complexity index is 1680. The molecule has 1 aromatic carbocycles. The van der Waals surface area contributed by atoms with Crippen LogP contribution in [0.3, 0.4) is 0 Å². The third-order valence-electron chi connectivity index (χ3n) is 10.1. The molecule has 322 valence electrons. The molecule has 14 nitrogen and oxygen atoms in total. The van der Waals surface area contributed by atoms with E-state index in [4.69, 9.17) is 15.2 Å². The van der Waals surface area contributed by atoms with E-state index in [-0.39, 0.29) is 25.3 Å². The number of halogens is 2. The number of carbonyl (C=O) groups excluding carboxylic acids is 8. The Labute approximate surface area is 339 Å². The van der Waals surface area contributed by atoms with Crippen LogP contribution in [0.15, 0.2) is 18.2 Å². The molecule has 0 radical (unpaired) electrons. The molecule has 2 aliphatic rings. The minimum absolute atomic E-state index is 0.0275. The van der Waals surface area contributed by atoms with Crippen molar-refractivity contribution in [2.45, 2.75) is 161 Å². The molecule has 58 heavy (non-hydrogen) atoms. The number of esters is 1. The molecule has 1 aliphatic heterocycles. The summed E-state index contributed by atoms with van der Waals surface area (Å²) >= 11 is 0. The number of ether oxygens (including phenoxy) is 2. The number of nitrogens with zero attached hydrogens (tertiary/aromatic N) is 1. The molecule has 1 unspecified atom stereocenters. The van der Waals surface area contributed by atoms with Crippen molar-refractivity contribution in [2.24, 2.45) is 17.6 Å². The van der Waals surface area contributed by atoms with Gasteiger partial charge in [0.1, 0.15) is 34.9 Å². The van der Waals surface area contributed by atoms with Gasteiger partial charge in [-0.15, -0.1) is 0 Å². The van der Waals surface area contributed by atoms with E-state index in [1.54, 1.807) is 27.7 Å². The molecule has 0 spiro atoms. The molecule has 16 heteroatoms. The zero-order valence-electron chi connectivity index (χ0n) is 34.8. The lowest BCUT2D eigenvalue weighted by Crippen LogP contribution is -2.55. The predicted molar refractivity (Wildman–Crippen MR) is 208 cm³/mol. The molecular weight excluding hydrogens is 758 g/mol. The maximum atomic E-state index is 14.7. The minimum Gasteiger partial charge on any atom is -0.460 e. The lowest BCUT2D eigenvalue weighted by molar-refractivity contribution is -0.156. The normalized spacial score (nSPS) is 19.1. The quantitative estimate of drug-likeness (QED) is 0.132. The second-order valence-corrected chi connectivity index (χ2v) is 17.3. The second-order valence-electron chi connectivity index (χ2n) is 17.3. The highest BCUT2D eigenvalue weighted by Crippen LogP contribution is 2.33. The molecular formula is C42H60F2N4O10. The van der Waals surface area contributed by atoms with Crippen LogP contribution >= 0.6 is 0 Å². The number of hydrogen-bond donors (Lipinski definition) is 3. The molecule has 1 heterocycles. The van der Waals surface area contributed by atoms with E-state index in [1.807, 2.05) is 20.8 Å². The second kappa shape index (κ2) is 20.9. The molecule has 4 amide bonds. The Morgan fingerprint density at radius 1 is 0.879 bits per heavy atom. The van der Waals surface area contributed by atoms with Gasteiger partial charge in [0.05, 0.1) is 24.2 Å². The van der Waals surface area contributed by atoms with Crippen LogP contribution in [0.5, 0.6) is 0 Å². The van der Waals surface area contributed by atoms with Crippen LogP contribution in [-0.2, 0) is 43.0 Å². The predicted octanol–water partition coefficient (Wildman–Crippen LogP) is 4.42. The van der Waals surface area contributed by atoms with Crippen LogP contribution < -0.4 is 16.4 Å². The SMILES string of the molecule is CCCC(CC(=O)[C@@H]1C[C@@H](OC(C)(C)C)CN1C(=O)[C@@H](NC(=O)c1c(F)cccc1F)C1CCCCC1)C(=O)C(=O)CCC(=O)N[C@H](CC(=O)OC(C)(C)C)C(N)=O. The van der Waals surface area contributed by atoms with Gasteiger partial charge in [0.2, 0.25) is 23.5 Å². The number of hydrogen-bond acceptors (Lipinski definition) is 10. The molecule has 3 rings (SSSR count). The summed E-state index contributed by atoms with van der Waals surface area (Å²) in [6, 6.07) is -0.707. The van der Waals surface area contributed by atoms with Crippen molar-refractivity contribution in [2.75, 3.05) is 6.54 Å². The van der Waals surface area contributed by atoms with Crippen LogP contribution in [0, 0.1) is 23.5 Å². The Morgan fingerprint density at radius 3 is 2.05 bits per heavy atom. The monoisotopic (exact) mass is 818 g/mol. The van der Waals surface area contributed by atoms with Gasteiger partial charge in [-0.25, -0.2) is 8.78 Å². The Morgan fingerprint density at radius 2 is 1.50 bits per heavy atom. The van der Waals surface area contributed by atoms with Gasteiger partial charge >= 0.3 is 5.97 Å². The standard InChI is InChI=1S/C42H60F2N4O10/c1-8-13-25(37(53)31(49)18-19-33(51)46-29(38(45)54)22-34(52)58-42(5,6)7)20-32(50)30-21-26(57-41(2,3)4)23-48(30)40(56)36(24-14-10-9-11-15-24)47-39(55)35-27(43)16-12-17-28(35)44/h12,16-17,24-26,29-30,36H,8-11,13-15,18-23H2,1-7H3,(H2,45,54)(H,46,51)(H,47,55)/t25?,26-,29-,30+,36+/m1/s1. The van der Waals surface area contributed by atoms with Gasteiger partial charge < -0.3 is 30.7 Å². The number of carbonyl (C=O) groups is 8. The number of Topliss-reactive ketones (excluding diaryl/α,β-unsaturated/α-hetero) is 3. The van der Waals surface area contributed by atoms with Crippen LogP contribution in [0.1, 0.15) is 136 Å². The average Bonchev–Trinajstić information content (AvgIpc) is 3.53. The average molecular weight is 819 g/mol. The summed E-state index contributed by atoms with van der Waals surface area (Å²) in [5.41, 5.74) is 3.02. The van der Waals surface area contributed by atoms with Crippen molar-refractivity contribution in [3.63, 3.8) is 0 Å². The zero-order chi connectivity index (χ0) is 43.5. The van der Waals surface area contributed by atoms with Gasteiger partial charge in [0, 0.05) is 38.1 Å². The topological polar surface area (TPSA) is 208 Å². The summed E-state index contributed by atoms with van der Waals surface area (Å²) in [6.07, 6.45) is 1.63. The first-order valence-electron chi connectivity index (χ1n) is 20.1. The van der Waals surface area contributed by atoms with Gasteiger partial charge in [-0.2, -0.15) is 0 Å². The van der Waals surface area contributed by atoms with E-state index in [1.165, 1.54) is 4.90 Å². The van der Waals surface area contributed by atoms with Crippen molar-refractivity contribution in [3.8, 4) is 0 Å². The highest BCUT2D eigenvalue weighted by atomic mass is 19.1. The smallest absolute Gasteiger partial charge is 0.308 e. The molecule has 0 bridgehead atoms. The van der Waals surface area contributed by atoms with Crippen molar-refractivity contribution in [1.82, 2.24) is 15.5 Å². The van der Waals surface area contributed by atoms with E-state index < -0.39 is 131 Å². The number of rotatable bonds is 19. The van der Waals surface area contributed by atoms with Gasteiger partial charge in [-0.1, -0.05) is 38.7 Å². The van der Waals surface area contributed by atoms with E-state index in [0.717, 1.165) is 37.5 Å². The first kappa shape index (κ1) is 47.8. The lowest BCUT2D eigenvalue weighted by atomic mass is 9.82. The van der Waals surface area contributed by atoms with E-state index in [9.17, 15) is 47.1 Å². The summed E-state index contributed by atoms with van der Waals surface area (Å²) in [5, 5.41) is 4.90. The number of ketones is 3. The lowest BCUT2D eigenvalue weighted by Gasteiger charge is -2.35. The zero-order valence-corrected chi connectivity index (χ0v) is 34.8. The van der Waals surface area contributed by atoms with Gasteiger partial charge in [0.15, 0.2) is 11.6 Å². The molecule has 1 aliphatic carbocycles. The van der Waals surface area contributed by atoms with Crippen LogP contribution in [0.25, 0.3) is 0 Å².